The molecule has 2 rings (SSSR count). The molecule has 2 aromatic rings. The van der Waals surface area contributed by atoms with E-state index in [0.717, 1.165) is 23.5 Å². The summed E-state index contributed by atoms with van der Waals surface area (Å²) in [6, 6.07) is 7.91. The van der Waals surface area contributed by atoms with Gasteiger partial charge in [0.15, 0.2) is 0 Å². The largest absolute Gasteiger partial charge is 0.389 e. The Hall–Kier alpha value is -1.39. The number of benzene rings is 1. The molecule has 17 heavy (non-hydrogen) atoms. The van der Waals surface area contributed by atoms with Crippen molar-refractivity contribution in [3.8, 4) is 0 Å². The van der Waals surface area contributed by atoms with E-state index < -0.39 is 6.10 Å². The molecule has 1 atom stereocenters. The van der Waals surface area contributed by atoms with Gasteiger partial charge in [0.2, 0.25) is 0 Å². The smallest absolute Gasteiger partial charge is 0.0795 e. The third-order valence-electron chi connectivity index (χ3n) is 2.68. The van der Waals surface area contributed by atoms with Crippen molar-refractivity contribution in [1.29, 1.82) is 0 Å². The zero-order valence-electron chi connectivity index (χ0n) is 10.00. The Kier molecular flexibility index (Phi) is 3.76. The van der Waals surface area contributed by atoms with Crippen LogP contribution in [0.4, 0.5) is 5.69 Å². The lowest BCUT2D eigenvalue weighted by atomic mass is 10.1. The van der Waals surface area contributed by atoms with Gasteiger partial charge in [-0.15, -0.1) is 11.3 Å². The number of anilines is 1. The van der Waals surface area contributed by atoms with Gasteiger partial charge >= 0.3 is 0 Å². The first kappa shape index (κ1) is 12.1. The van der Waals surface area contributed by atoms with Crippen LogP contribution in [-0.4, -0.2) is 17.1 Å². The van der Waals surface area contributed by atoms with Gasteiger partial charge in [0.25, 0.3) is 0 Å². The van der Waals surface area contributed by atoms with Crippen LogP contribution in [0.15, 0.2) is 35.2 Å². The summed E-state index contributed by atoms with van der Waals surface area (Å²) in [6.07, 6.45) is -0.455. The third-order valence-corrected chi connectivity index (χ3v) is 3.32. The monoisotopic (exact) mass is 248 g/mol. The molecule has 0 amide bonds. The van der Waals surface area contributed by atoms with Gasteiger partial charge in [0.05, 0.1) is 23.9 Å². The van der Waals surface area contributed by atoms with Crippen molar-refractivity contribution in [1.82, 2.24) is 4.98 Å². The molecule has 3 nitrogen and oxygen atoms in total. The Labute approximate surface area is 105 Å². The van der Waals surface area contributed by atoms with Crippen LogP contribution in [0.1, 0.15) is 24.3 Å². The van der Waals surface area contributed by atoms with Gasteiger partial charge < -0.3 is 10.0 Å². The van der Waals surface area contributed by atoms with Crippen LogP contribution in [0.25, 0.3) is 0 Å². The molecule has 1 aromatic heterocycles. The number of hydrogen-bond acceptors (Lipinski definition) is 4. The molecule has 0 radical (unpaired) electrons. The second-order valence-corrected chi connectivity index (χ2v) is 4.79. The molecule has 1 aromatic carbocycles. The molecule has 1 unspecified atom stereocenters. The fourth-order valence-corrected chi connectivity index (χ4v) is 2.38. The van der Waals surface area contributed by atoms with Crippen LogP contribution in [0.5, 0.6) is 0 Å². The van der Waals surface area contributed by atoms with Crippen LogP contribution < -0.4 is 4.90 Å². The maximum absolute atomic E-state index is 9.74. The minimum atomic E-state index is -0.455. The van der Waals surface area contributed by atoms with Crippen LogP contribution >= 0.6 is 11.3 Å². The summed E-state index contributed by atoms with van der Waals surface area (Å²) in [6.45, 7) is 2.54. The van der Waals surface area contributed by atoms with Crippen LogP contribution in [0.2, 0.25) is 0 Å². The van der Waals surface area contributed by atoms with Crippen molar-refractivity contribution in [2.45, 2.75) is 19.6 Å². The molecule has 0 spiro atoms. The van der Waals surface area contributed by atoms with E-state index in [2.05, 4.69) is 9.88 Å². The van der Waals surface area contributed by atoms with Crippen molar-refractivity contribution in [2.24, 2.45) is 0 Å². The highest BCUT2D eigenvalue weighted by molar-refractivity contribution is 7.07. The lowest BCUT2D eigenvalue weighted by molar-refractivity contribution is 0.199. The van der Waals surface area contributed by atoms with Gasteiger partial charge in [-0.05, 0) is 13.0 Å². The Morgan fingerprint density at radius 1 is 1.41 bits per heavy atom. The Morgan fingerprint density at radius 3 is 2.82 bits per heavy atom. The van der Waals surface area contributed by atoms with Gasteiger partial charge in [-0.1, -0.05) is 18.2 Å². The summed E-state index contributed by atoms with van der Waals surface area (Å²) in [4.78, 5) is 6.38. The molecule has 0 bridgehead atoms. The van der Waals surface area contributed by atoms with E-state index in [4.69, 9.17) is 0 Å². The average molecular weight is 248 g/mol. The van der Waals surface area contributed by atoms with E-state index in [9.17, 15) is 5.11 Å². The summed E-state index contributed by atoms with van der Waals surface area (Å²) in [5.74, 6) is 0. The molecule has 1 heterocycles. The number of aliphatic hydroxyl groups is 1. The molecule has 1 N–H and O–H groups in total. The molecule has 90 valence electrons. The summed E-state index contributed by atoms with van der Waals surface area (Å²) in [5.41, 5.74) is 4.89. The minimum absolute atomic E-state index is 0.455. The van der Waals surface area contributed by atoms with E-state index in [1.807, 2.05) is 42.2 Å². The fraction of sp³-hybridized carbons (Fsp3) is 0.308. The van der Waals surface area contributed by atoms with Crippen molar-refractivity contribution in [3.05, 3.63) is 46.4 Å². The van der Waals surface area contributed by atoms with Crippen molar-refractivity contribution in [2.75, 3.05) is 11.9 Å². The second-order valence-electron chi connectivity index (χ2n) is 4.07. The zero-order chi connectivity index (χ0) is 12.3. The summed E-state index contributed by atoms with van der Waals surface area (Å²) in [7, 11) is 2.01. The summed E-state index contributed by atoms with van der Waals surface area (Å²) < 4.78 is 0. The van der Waals surface area contributed by atoms with E-state index in [0.29, 0.717) is 0 Å². The molecule has 4 heteroatoms. The van der Waals surface area contributed by atoms with Crippen molar-refractivity contribution >= 4 is 17.0 Å². The van der Waals surface area contributed by atoms with Crippen molar-refractivity contribution < 1.29 is 5.11 Å². The Balaban J connectivity index is 2.21. The summed E-state index contributed by atoms with van der Waals surface area (Å²) >= 11 is 1.60. The minimum Gasteiger partial charge on any atom is -0.389 e. The number of aliphatic hydroxyl groups excluding tert-OH is 1. The number of hydrogen-bond donors (Lipinski definition) is 1. The second kappa shape index (κ2) is 5.29. The lowest BCUT2D eigenvalue weighted by Crippen LogP contribution is -2.18. The van der Waals surface area contributed by atoms with Gasteiger partial charge in [-0.25, -0.2) is 4.98 Å². The first-order chi connectivity index (χ1) is 8.18. The number of rotatable bonds is 4. The van der Waals surface area contributed by atoms with Crippen molar-refractivity contribution in [3.63, 3.8) is 0 Å². The normalized spacial score (nSPS) is 12.4. The molecular weight excluding hydrogens is 232 g/mol. The highest BCUT2D eigenvalue weighted by atomic mass is 32.1. The Morgan fingerprint density at radius 2 is 2.18 bits per heavy atom. The maximum atomic E-state index is 9.74. The predicted octanol–water partition coefficient (Wildman–Crippen LogP) is 2.83. The zero-order valence-corrected chi connectivity index (χ0v) is 10.8. The number of para-hydroxylation sites is 1. The first-order valence-electron chi connectivity index (χ1n) is 5.53. The molecule has 0 aliphatic heterocycles. The number of aromatic nitrogens is 1. The van der Waals surface area contributed by atoms with E-state index in [-0.39, 0.29) is 0 Å². The fourth-order valence-electron chi connectivity index (χ4n) is 1.83. The molecule has 0 saturated heterocycles. The lowest BCUT2D eigenvalue weighted by Gasteiger charge is -2.22. The highest BCUT2D eigenvalue weighted by Crippen LogP contribution is 2.26. The van der Waals surface area contributed by atoms with E-state index >= 15 is 0 Å². The average Bonchev–Trinajstić information content (AvgIpc) is 2.81. The van der Waals surface area contributed by atoms with Crippen LogP contribution in [0.3, 0.4) is 0 Å². The molecule has 0 fully saturated rings. The van der Waals surface area contributed by atoms with E-state index in [1.165, 1.54) is 0 Å². The van der Waals surface area contributed by atoms with Gasteiger partial charge in [-0.3, -0.25) is 0 Å². The summed E-state index contributed by atoms with van der Waals surface area (Å²) in [5, 5.41) is 11.8. The number of nitrogens with zero attached hydrogens (tertiary/aromatic N) is 2. The van der Waals surface area contributed by atoms with Gasteiger partial charge in [0.1, 0.15) is 0 Å². The van der Waals surface area contributed by atoms with Gasteiger partial charge in [-0.2, -0.15) is 0 Å². The topological polar surface area (TPSA) is 36.4 Å². The molecular formula is C13H16N2OS. The SMILES string of the molecule is CC(O)c1ccccc1N(C)Cc1cscn1. The van der Waals surface area contributed by atoms with Crippen LogP contribution in [0, 0.1) is 0 Å². The highest BCUT2D eigenvalue weighted by Gasteiger charge is 2.11. The number of thiazole rings is 1. The Bertz CT molecular complexity index is 468. The van der Waals surface area contributed by atoms with Gasteiger partial charge in [0, 0.05) is 23.7 Å². The third kappa shape index (κ3) is 2.84. The quantitative estimate of drug-likeness (QED) is 0.904. The maximum Gasteiger partial charge on any atom is 0.0795 e. The van der Waals surface area contributed by atoms with E-state index in [1.54, 1.807) is 18.3 Å². The molecule has 0 aliphatic rings. The molecule has 0 saturated carbocycles. The predicted molar refractivity (Wildman–Crippen MR) is 71.3 cm³/mol. The first-order valence-corrected chi connectivity index (χ1v) is 6.48. The molecule has 0 aliphatic carbocycles. The standard InChI is InChI=1S/C13H16N2OS/c1-10(16)12-5-3-4-6-13(12)15(2)7-11-8-17-9-14-11/h3-6,8-10,16H,7H2,1-2H3. The van der Waals surface area contributed by atoms with Crippen LogP contribution in [-0.2, 0) is 6.54 Å².